The normalized spacial score (nSPS) is 10.6. The summed E-state index contributed by atoms with van der Waals surface area (Å²) in [6, 6.07) is 3.80. The fourth-order valence-corrected chi connectivity index (χ4v) is 2.52. The second kappa shape index (κ2) is 6.39. The molecule has 0 unspecified atom stereocenters. The number of pyridine rings is 1. The summed E-state index contributed by atoms with van der Waals surface area (Å²) in [6.07, 6.45) is 0.694. The van der Waals surface area contributed by atoms with Crippen LogP contribution in [0.5, 0.6) is 10.9 Å². The van der Waals surface area contributed by atoms with Gasteiger partial charge in [-0.15, -0.1) is 0 Å². The first-order chi connectivity index (χ1) is 8.69. The van der Waals surface area contributed by atoms with Gasteiger partial charge in [-0.2, -0.15) is 9.36 Å². The van der Waals surface area contributed by atoms with Crippen LogP contribution in [-0.4, -0.2) is 28.1 Å². The maximum atomic E-state index is 5.66. The minimum atomic E-state index is 0.532. The molecule has 2 aromatic heterocycles. The summed E-state index contributed by atoms with van der Waals surface area (Å²) in [5.74, 6) is 1.45. The minimum Gasteiger partial charge on any atom is -0.427 e. The summed E-state index contributed by atoms with van der Waals surface area (Å²) in [7, 11) is 1.66. The summed E-state index contributed by atoms with van der Waals surface area (Å²) >= 11 is 3.38. The highest BCUT2D eigenvalue weighted by molar-refractivity contribution is 14.1. The molecule has 7 heteroatoms. The van der Waals surface area contributed by atoms with Crippen molar-refractivity contribution in [1.29, 1.82) is 0 Å². The monoisotopic (exact) mass is 377 g/mol. The molecule has 0 spiro atoms. The molecule has 18 heavy (non-hydrogen) atoms. The molecule has 0 amide bonds. The average molecular weight is 377 g/mol. The summed E-state index contributed by atoms with van der Waals surface area (Å²) in [4.78, 5) is 8.60. The predicted octanol–water partition coefficient (Wildman–Crippen LogP) is 2.83. The van der Waals surface area contributed by atoms with Crippen LogP contribution in [0.15, 0.2) is 12.1 Å². The van der Waals surface area contributed by atoms with Crippen molar-refractivity contribution in [3.63, 3.8) is 0 Å². The Kier molecular flexibility index (Phi) is 4.84. The number of hydrogen-bond acceptors (Lipinski definition) is 6. The third-order valence-corrected chi connectivity index (χ3v) is 3.54. The second-order valence-corrected chi connectivity index (χ2v) is 5.30. The highest BCUT2D eigenvalue weighted by Crippen LogP contribution is 2.26. The van der Waals surface area contributed by atoms with Crippen molar-refractivity contribution in [2.75, 3.05) is 13.7 Å². The maximum absolute atomic E-state index is 5.66. The molecule has 0 saturated heterocycles. The van der Waals surface area contributed by atoms with E-state index in [2.05, 4.69) is 36.9 Å². The smallest absolute Gasteiger partial charge is 0.298 e. The number of hydrogen-bond donors (Lipinski definition) is 0. The molecule has 0 saturated carbocycles. The van der Waals surface area contributed by atoms with Crippen molar-refractivity contribution in [2.24, 2.45) is 0 Å². The van der Waals surface area contributed by atoms with Crippen molar-refractivity contribution in [3.8, 4) is 10.9 Å². The number of aromatic nitrogens is 3. The van der Waals surface area contributed by atoms with Gasteiger partial charge in [0.05, 0.1) is 6.61 Å². The Morgan fingerprint density at radius 3 is 2.89 bits per heavy atom. The van der Waals surface area contributed by atoms with E-state index in [4.69, 9.17) is 9.47 Å². The molecule has 0 aromatic carbocycles. The Balaban J connectivity index is 2.06. The molecule has 0 aliphatic rings. The van der Waals surface area contributed by atoms with Crippen LogP contribution in [-0.2, 0) is 11.2 Å². The number of rotatable bonds is 5. The Morgan fingerprint density at radius 1 is 1.33 bits per heavy atom. The van der Waals surface area contributed by atoms with Crippen LogP contribution in [0.4, 0.5) is 0 Å². The second-order valence-electron chi connectivity index (χ2n) is 3.56. The Hall–Kier alpha value is -0.800. The lowest BCUT2D eigenvalue weighted by atomic mass is 10.4. The third kappa shape index (κ3) is 3.59. The number of methoxy groups -OCH3 is 1. The van der Waals surface area contributed by atoms with Crippen LogP contribution in [0, 0.1) is 10.6 Å². The SMILES string of the molecule is COCCc1nsc(Oc2ccc(C)nc2I)n1. The van der Waals surface area contributed by atoms with Gasteiger partial charge >= 0.3 is 0 Å². The summed E-state index contributed by atoms with van der Waals surface area (Å²) in [5, 5.41) is 0.532. The van der Waals surface area contributed by atoms with E-state index in [0.717, 1.165) is 15.2 Å². The Labute approximate surface area is 123 Å². The molecule has 0 radical (unpaired) electrons. The highest BCUT2D eigenvalue weighted by Gasteiger charge is 2.09. The topological polar surface area (TPSA) is 57.1 Å². The van der Waals surface area contributed by atoms with E-state index >= 15 is 0 Å². The van der Waals surface area contributed by atoms with E-state index in [1.54, 1.807) is 7.11 Å². The molecule has 0 aliphatic carbocycles. The molecule has 5 nitrogen and oxygen atoms in total. The van der Waals surface area contributed by atoms with Gasteiger partial charge < -0.3 is 9.47 Å². The fraction of sp³-hybridized carbons (Fsp3) is 0.364. The van der Waals surface area contributed by atoms with Gasteiger partial charge in [0.15, 0.2) is 5.75 Å². The molecule has 0 N–H and O–H groups in total. The summed E-state index contributed by atoms with van der Waals surface area (Å²) < 4.78 is 15.7. The molecule has 0 atom stereocenters. The van der Waals surface area contributed by atoms with Crippen LogP contribution >= 0.6 is 34.1 Å². The zero-order chi connectivity index (χ0) is 13.0. The first-order valence-electron chi connectivity index (χ1n) is 5.31. The van der Waals surface area contributed by atoms with Crippen molar-refractivity contribution < 1.29 is 9.47 Å². The van der Waals surface area contributed by atoms with Crippen LogP contribution in [0.2, 0.25) is 0 Å². The average Bonchev–Trinajstić information content (AvgIpc) is 2.78. The van der Waals surface area contributed by atoms with E-state index in [-0.39, 0.29) is 0 Å². The largest absolute Gasteiger partial charge is 0.427 e. The third-order valence-electron chi connectivity index (χ3n) is 2.13. The highest BCUT2D eigenvalue weighted by atomic mass is 127. The molecule has 96 valence electrons. The Morgan fingerprint density at radius 2 is 2.17 bits per heavy atom. The summed E-state index contributed by atoms with van der Waals surface area (Å²) in [6.45, 7) is 2.56. The van der Waals surface area contributed by atoms with E-state index in [9.17, 15) is 0 Å². The number of halogens is 1. The first-order valence-corrected chi connectivity index (χ1v) is 7.17. The van der Waals surface area contributed by atoms with E-state index < -0.39 is 0 Å². The van der Waals surface area contributed by atoms with Gasteiger partial charge in [0.1, 0.15) is 9.53 Å². The number of aryl methyl sites for hydroxylation is 1. The molecule has 2 rings (SSSR count). The first kappa shape index (κ1) is 13.6. The van der Waals surface area contributed by atoms with Gasteiger partial charge in [0.25, 0.3) is 5.19 Å². The van der Waals surface area contributed by atoms with Gasteiger partial charge in [-0.05, 0) is 41.6 Å². The van der Waals surface area contributed by atoms with Gasteiger partial charge in [-0.3, -0.25) is 0 Å². The molecule has 0 aliphatic heterocycles. The summed E-state index contributed by atoms with van der Waals surface area (Å²) in [5.41, 5.74) is 0.963. The van der Waals surface area contributed by atoms with Crippen molar-refractivity contribution in [2.45, 2.75) is 13.3 Å². The fourth-order valence-electron chi connectivity index (χ4n) is 1.26. The minimum absolute atomic E-state index is 0.532. The van der Waals surface area contributed by atoms with Crippen LogP contribution in [0.25, 0.3) is 0 Å². The maximum Gasteiger partial charge on any atom is 0.298 e. The van der Waals surface area contributed by atoms with Crippen LogP contribution in [0.3, 0.4) is 0 Å². The molecular weight excluding hydrogens is 365 g/mol. The lowest BCUT2D eigenvalue weighted by molar-refractivity contribution is 0.200. The van der Waals surface area contributed by atoms with Gasteiger partial charge in [-0.1, -0.05) is 0 Å². The van der Waals surface area contributed by atoms with Crippen LogP contribution < -0.4 is 4.74 Å². The van der Waals surface area contributed by atoms with Crippen molar-refractivity contribution >= 4 is 34.1 Å². The molecule has 2 aromatic rings. The molecule has 0 fully saturated rings. The van der Waals surface area contributed by atoms with Gasteiger partial charge in [0, 0.05) is 30.8 Å². The van der Waals surface area contributed by atoms with Gasteiger partial charge in [-0.25, -0.2) is 4.98 Å². The lowest BCUT2D eigenvalue weighted by Gasteiger charge is -2.03. The van der Waals surface area contributed by atoms with Crippen LogP contribution in [0.1, 0.15) is 11.5 Å². The zero-order valence-corrected chi connectivity index (χ0v) is 13.0. The number of ether oxygens (including phenoxy) is 2. The van der Waals surface area contributed by atoms with E-state index in [1.165, 1.54) is 11.5 Å². The molecule has 2 heterocycles. The zero-order valence-electron chi connectivity index (χ0n) is 10.0. The van der Waals surface area contributed by atoms with E-state index in [0.29, 0.717) is 24.0 Å². The molecular formula is C11H12IN3O2S. The quantitative estimate of drug-likeness (QED) is 0.593. The standard InChI is InChI=1S/C11H12IN3O2S/c1-7-3-4-8(10(12)13-7)17-11-14-9(15-18-11)5-6-16-2/h3-4H,5-6H2,1-2H3. The van der Waals surface area contributed by atoms with Crippen molar-refractivity contribution in [3.05, 3.63) is 27.4 Å². The van der Waals surface area contributed by atoms with Gasteiger partial charge in [0.2, 0.25) is 0 Å². The van der Waals surface area contributed by atoms with Crippen molar-refractivity contribution in [1.82, 2.24) is 14.3 Å². The molecule has 0 bridgehead atoms. The lowest BCUT2D eigenvalue weighted by Crippen LogP contribution is -1.96. The number of nitrogens with zero attached hydrogens (tertiary/aromatic N) is 3. The van der Waals surface area contributed by atoms with E-state index in [1.807, 2.05) is 19.1 Å². The predicted molar refractivity (Wildman–Crippen MR) is 77.3 cm³/mol. The Bertz CT molecular complexity index is 533.